The van der Waals surface area contributed by atoms with Crippen LogP contribution in [0, 0.1) is 0 Å². The molecule has 0 unspecified atom stereocenters. The van der Waals surface area contributed by atoms with Gasteiger partial charge in [-0.1, -0.05) is 6.08 Å². The maximum atomic E-state index is 5.25. The molecule has 0 fully saturated rings. The number of hydrogen-bond acceptors (Lipinski definition) is 3. The summed E-state index contributed by atoms with van der Waals surface area (Å²) in [5.41, 5.74) is 8.25. The molecule has 1 aliphatic rings. The van der Waals surface area contributed by atoms with Gasteiger partial charge in [0, 0.05) is 12.7 Å². The van der Waals surface area contributed by atoms with E-state index in [-0.39, 0.29) is 0 Å². The minimum atomic E-state index is 0.552. The summed E-state index contributed by atoms with van der Waals surface area (Å²) in [5.74, 6) is 0. The Morgan fingerprint density at radius 3 is 3.00 bits per heavy atom. The lowest BCUT2D eigenvalue weighted by Gasteiger charge is -2.10. The number of nitrogens with two attached hydrogens (primary N) is 1. The first-order valence-electron chi connectivity index (χ1n) is 2.30. The van der Waals surface area contributed by atoms with Crippen molar-refractivity contribution < 1.29 is 0 Å². The van der Waals surface area contributed by atoms with Crippen molar-refractivity contribution in [3.63, 3.8) is 0 Å². The number of nitrogens with zero attached hydrogens (tertiary/aromatic N) is 1. The molecule has 0 aromatic rings. The quantitative estimate of drug-likeness (QED) is 0.454. The number of rotatable bonds is 1. The van der Waals surface area contributed by atoms with Crippen molar-refractivity contribution in [2.24, 2.45) is 5.73 Å². The van der Waals surface area contributed by atoms with Crippen LogP contribution >= 0.6 is 0 Å². The maximum absolute atomic E-state index is 5.25. The molecule has 3 nitrogen and oxygen atoms in total. The van der Waals surface area contributed by atoms with Gasteiger partial charge in [0.05, 0.1) is 6.67 Å². The van der Waals surface area contributed by atoms with E-state index in [9.17, 15) is 0 Å². The summed E-state index contributed by atoms with van der Waals surface area (Å²) < 4.78 is 0. The first-order chi connectivity index (χ1) is 3.43. The van der Waals surface area contributed by atoms with Gasteiger partial charge in [0.25, 0.3) is 0 Å². The zero-order chi connectivity index (χ0) is 5.11. The molecule has 40 valence electrons. The first kappa shape index (κ1) is 4.61. The molecule has 0 aliphatic carbocycles. The molecule has 0 bridgehead atoms. The third-order valence-electron chi connectivity index (χ3n) is 0.894. The molecule has 0 amide bonds. The summed E-state index contributed by atoms with van der Waals surface area (Å²) in [5, 5.41) is 1.83. The molecule has 7 heavy (non-hydrogen) atoms. The smallest absolute Gasteiger partial charge is 0.0806 e. The average molecular weight is 99.1 g/mol. The molecule has 1 rings (SSSR count). The van der Waals surface area contributed by atoms with E-state index in [1.54, 1.807) is 0 Å². The Morgan fingerprint density at radius 1 is 1.86 bits per heavy atom. The maximum Gasteiger partial charge on any atom is 0.0806 e. The Morgan fingerprint density at radius 2 is 2.71 bits per heavy atom. The molecule has 0 saturated carbocycles. The van der Waals surface area contributed by atoms with Gasteiger partial charge in [0.2, 0.25) is 0 Å². The lowest BCUT2D eigenvalue weighted by atomic mass is 10.7. The van der Waals surface area contributed by atoms with Gasteiger partial charge in [-0.3, -0.25) is 0 Å². The van der Waals surface area contributed by atoms with Crippen molar-refractivity contribution >= 4 is 0 Å². The Labute approximate surface area is 42.8 Å². The normalized spacial score (nSPS) is 18.7. The molecule has 0 aromatic carbocycles. The van der Waals surface area contributed by atoms with E-state index in [0.717, 1.165) is 6.54 Å². The summed E-state index contributed by atoms with van der Waals surface area (Å²) >= 11 is 0. The summed E-state index contributed by atoms with van der Waals surface area (Å²) in [6, 6.07) is 0. The predicted octanol–water partition coefficient (Wildman–Crippen LogP) is -0.764. The standard InChI is InChI=1S/C4H9N3/c5-4-7-3-1-2-6-7/h1,3,6H,2,4-5H2. The molecule has 0 atom stereocenters. The lowest BCUT2D eigenvalue weighted by molar-refractivity contribution is 0.316. The van der Waals surface area contributed by atoms with E-state index in [4.69, 9.17) is 5.73 Å². The Hall–Kier alpha value is -0.540. The molecule has 0 saturated heterocycles. The number of hydrazine groups is 1. The van der Waals surface area contributed by atoms with E-state index < -0.39 is 0 Å². The monoisotopic (exact) mass is 99.1 g/mol. The van der Waals surface area contributed by atoms with Gasteiger partial charge < -0.3 is 10.7 Å². The Bertz CT molecular complexity index is 79.0. The van der Waals surface area contributed by atoms with Crippen LogP contribution in [0.15, 0.2) is 12.3 Å². The largest absolute Gasteiger partial charge is 0.313 e. The zero-order valence-electron chi connectivity index (χ0n) is 4.09. The molecular formula is C4H9N3. The molecule has 1 heterocycles. The van der Waals surface area contributed by atoms with Crippen LogP contribution in [0.25, 0.3) is 0 Å². The van der Waals surface area contributed by atoms with Crippen LogP contribution in [0.5, 0.6) is 0 Å². The van der Waals surface area contributed by atoms with Crippen LogP contribution in [0.3, 0.4) is 0 Å². The highest BCUT2D eigenvalue weighted by Gasteiger charge is 1.96. The van der Waals surface area contributed by atoms with Gasteiger partial charge in [-0.05, 0) is 0 Å². The average Bonchev–Trinajstić information content (AvgIpc) is 2.14. The SMILES string of the molecule is NCN1C=CCN1. The topological polar surface area (TPSA) is 41.3 Å². The molecular weight excluding hydrogens is 90.1 g/mol. The van der Waals surface area contributed by atoms with Crippen molar-refractivity contribution in [1.82, 2.24) is 10.4 Å². The highest BCUT2D eigenvalue weighted by atomic mass is 15.5. The second kappa shape index (κ2) is 1.95. The van der Waals surface area contributed by atoms with Crippen molar-refractivity contribution in [2.75, 3.05) is 13.2 Å². The van der Waals surface area contributed by atoms with Gasteiger partial charge in [0.1, 0.15) is 0 Å². The predicted molar refractivity (Wildman–Crippen MR) is 28.0 cm³/mol. The highest BCUT2D eigenvalue weighted by Crippen LogP contribution is 1.86. The van der Waals surface area contributed by atoms with Crippen LogP contribution in [0.1, 0.15) is 0 Å². The van der Waals surface area contributed by atoms with Crippen LogP contribution in [0.4, 0.5) is 0 Å². The molecule has 1 aliphatic heterocycles. The van der Waals surface area contributed by atoms with E-state index >= 15 is 0 Å². The molecule has 0 aromatic heterocycles. The minimum absolute atomic E-state index is 0.552. The fourth-order valence-electron chi connectivity index (χ4n) is 0.528. The number of hydrogen-bond donors (Lipinski definition) is 2. The molecule has 0 spiro atoms. The molecule has 3 heteroatoms. The minimum Gasteiger partial charge on any atom is -0.313 e. The van der Waals surface area contributed by atoms with Gasteiger partial charge in [0.15, 0.2) is 0 Å². The van der Waals surface area contributed by atoms with E-state index in [1.165, 1.54) is 0 Å². The second-order valence-electron chi connectivity index (χ2n) is 1.40. The Balaban J connectivity index is 2.28. The third kappa shape index (κ3) is 0.913. The highest BCUT2D eigenvalue weighted by molar-refractivity contribution is 4.88. The van der Waals surface area contributed by atoms with E-state index in [2.05, 4.69) is 5.43 Å². The molecule has 0 radical (unpaired) electrons. The van der Waals surface area contributed by atoms with Crippen molar-refractivity contribution in [3.05, 3.63) is 12.3 Å². The van der Waals surface area contributed by atoms with Crippen molar-refractivity contribution in [3.8, 4) is 0 Å². The summed E-state index contributed by atoms with van der Waals surface area (Å²) in [4.78, 5) is 0. The summed E-state index contributed by atoms with van der Waals surface area (Å²) in [6.07, 6.45) is 3.95. The fraction of sp³-hybridized carbons (Fsp3) is 0.500. The number of nitrogens with one attached hydrogen (secondary N) is 1. The zero-order valence-corrected chi connectivity index (χ0v) is 4.09. The van der Waals surface area contributed by atoms with Gasteiger partial charge in [-0.15, -0.1) is 0 Å². The van der Waals surface area contributed by atoms with Crippen molar-refractivity contribution in [2.45, 2.75) is 0 Å². The van der Waals surface area contributed by atoms with Gasteiger partial charge in [-0.25, -0.2) is 5.43 Å². The summed E-state index contributed by atoms with van der Waals surface area (Å²) in [6.45, 7) is 1.47. The molecule has 3 N–H and O–H groups in total. The van der Waals surface area contributed by atoms with Crippen LogP contribution < -0.4 is 11.2 Å². The van der Waals surface area contributed by atoms with Gasteiger partial charge in [-0.2, -0.15) is 0 Å². The van der Waals surface area contributed by atoms with E-state index in [1.807, 2.05) is 17.3 Å². The lowest BCUT2D eigenvalue weighted by Crippen LogP contribution is -2.33. The third-order valence-corrected chi connectivity index (χ3v) is 0.894. The second-order valence-corrected chi connectivity index (χ2v) is 1.40. The van der Waals surface area contributed by atoms with Crippen molar-refractivity contribution in [1.29, 1.82) is 0 Å². The van der Waals surface area contributed by atoms with Gasteiger partial charge >= 0.3 is 0 Å². The Kier molecular flexibility index (Phi) is 1.29. The first-order valence-corrected chi connectivity index (χ1v) is 2.30. The van der Waals surface area contributed by atoms with Crippen LogP contribution in [-0.2, 0) is 0 Å². The van der Waals surface area contributed by atoms with Crippen LogP contribution in [0.2, 0.25) is 0 Å². The van der Waals surface area contributed by atoms with Crippen LogP contribution in [-0.4, -0.2) is 18.2 Å². The summed E-state index contributed by atoms with van der Waals surface area (Å²) in [7, 11) is 0. The fourth-order valence-corrected chi connectivity index (χ4v) is 0.528. The van der Waals surface area contributed by atoms with E-state index in [0.29, 0.717) is 6.67 Å².